The normalized spacial score (nSPS) is 35.3. The molecule has 2 bridgehead atoms. The molecule has 0 radical (unpaired) electrons. The number of amides is 2. The lowest BCUT2D eigenvalue weighted by Crippen LogP contribution is -2.42. The summed E-state index contributed by atoms with van der Waals surface area (Å²) < 4.78 is 0.967. The molecule has 2 aromatic rings. The van der Waals surface area contributed by atoms with E-state index in [9.17, 15) is 19.2 Å². The van der Waals surface area contributed by atoms with Gasteiger partial charge in [0.25, 0.3) is 0 Å². The zero-order valence-corrected chi connectivity index (χ0v) is 19.2. The van der Waals surface area contributed by atoms with E-state index in [1.165, 1.54) is 11.3 Å². The number of carbonyl (C=O) groups is 3. The van der Waals surface area contributed by atoms with Crippen LogP contribution in [0.2, 0.25) is 0 Å². The molecule has 7 nitrogen and oxygen atoms in total. The highest BCUT2D eigenvalue weighted by atomic mass is 79.9. The molecule has 7 atom stereocenters. The molecule has 2 aliphatic heterocycles. The van der Waals surface area contributed by atoms with Gasteiger partial charge < -0.3 is 10.1 Å². The summed E-state index contributed by atoms with van der Waals surface area (Å²) in [5, 5.41) is 10.1. The molecule has 160 valence electrons. The number of aliphatic carboxylic acids is 1. The molecule has 2 N–H and O–H groups in total. The van der Waals surface area contributed by atoms with E-state index in [1.54, 1.807) is 11.8 Å². The van der Waals surface area contributed by atoms with Gasteiger partial charge in [0.1, 0.15) is 6.54 Å². The largest absolute Gasteiger partial charge is 0.480 e. The Morgan fingerprint density at radius 1 is 1.13 bits per heavy atom. The van der Waals surface area contributed by atoms with Gasteiger partial charge in [-0.15, -0.1) is 11.8 Å². The Morgan fingerprint density at radius 3 is 2.48 bits per heavy atom. The SMILES string of the molecule is O=C(O)CN1C(=O)[C@@H]2[C@H]3C[C@@H]([C@@H]2C1=O)[C@@H]1[C@@H](c2ccc(Br)cc2)c2sc(=O)[nH]c2S[C@H]31. The average Bonchev–Trinajstić information content (AvgIpc) is 3.44. The van der Waals surface area contributed by atoms with Gasteiger partial charge in [-0.1, -0.05) is 39.4 Å². The van der Waals surface area contributed by atoms with Crippen LogP contribution in [0.3, 0.4) is 0 Å². The third-order valence-electron chi connectivity index (χ3n) is 7.34. The minimum Gasteiger partial charge on any atom is -0.480 e. The van der Waals surface area contributed by atoms with Crippen molar-refractivity contribution in [2.75, 3.05) is 6.54 Å². The Balaban J connectivity index is 1.45. The highest BCUT2D eigenvalue weighted by Crippen LogP contribution is 2.68. The lowest BCUT2D eigenvalue weighted by atomic mass is 9.68. The summed E-state index contributed by atoms with van der Waals surface area (Å²) in [7, 11) is 0. The number of thiazole rings is 1. The first-order valence-electron chi connectivity index (χ1n) is 10.1. The van der Waals surface area contributed by atoms with Crippen molar-refractivity contribution in [2.24, 2.45) is 29.6 Å². The molecule has 31 heavy (non-hydrogen) atoms. The van der Waals surface area contributed by atoms with Gasteiger partial charge in [-0.25, -0.2) is 0 Å². The number of thioether (sulfide) groups is 1. The van der Waals surface area contributed by atoms with Crippen molar-refractivity contribution in [3.05, 3.63) is 48.8 Å². The summed E-state index contributed by atoms with van der Waals surface area (Å²) in [5.74, 6) is -2.63. The van der Waals surface area contributed by atoms with E-state index in [2.05, 4.69) is 33.0 Å². The summed E-state index contributed by atoms with van der Waals surface area (Å²) in [6.45, 7) is -0.566. The molecule has 2 amide bonds. The minimum absolute atomic E-state index is 0.00161. The predicted molar refractivity (Wildman–Crippen MR) is 117 cm³/mol. The second-order valence-electron chi connectivity index (χ2n) is 8.67. The van der Waals surface area contributed by atoms with Gasteiger partial charge in [0, 0.05) is 20.5 Å². The van der Waals surface area contributed by atoms with Crippen LogP contribution in [0.1, 0.15) is 22.8 Å². The number of benzene rings is 1. The maximum atomic E-state index is 13.1. The van der Waals surface area contributed by atoms with Crippen molar-refractivity contribution in [1.29, 1.82) is 0 Å². The van der Waals surface area contributed by atoms with Crippen molar-refractivity contribution in [1.82, 2.24) is 9.88 Å². The molecule has 4 aliphatic rings. The van der Waals surface area contributed by atoms with Crippen LogP contribution in [-0.2, 0) is 14.4 Å². The molecule has 2 aliphatic carbocycles. The van der Waals surface area contributed by atoms with Gasteiger partial charge in [-0.05, 0) is 41.9 Å². The average molecular weight is 521 g/mol. The van der Waals surface area contributed by atoms with Crippen molar-refractivity contribution in [3.8, 4) is 0 Å². The Bertz CT molecular complexity index is 1190. The van der Waals surface area contributed by atoms with Gasteiger partial charge in [0.05, 0.1) is 16.9 Å². The number of imide groups is 1. The zero-order chi connectivity index (χ0) is 21.6. The number of nitrogens with zero attached hydrogens (tertiary/aromatic N) is 1. The van der Waals surface area contributed by atoms with Crippen molar-refractivity contribution < 1.29 is 19.5 Å². The van der Waals surface area contributed by atoms with Gasteiger partial charge in [-0.3, -0.25) is 24.1 Å². The Morgan fingerprint density at radius 2 is 1.81 bits per heavy atom. The molecule has 1 aromatic heterocycles. The number of nitrogens with one attached hydrogen (secondary N) is 1. The first-order valence-corrected chi connectivity index (χ1v) is 12.6. The molecular formula is C21H17BrN2O5S2. The number of likely N-dealkylation sites (tertiary alicyclic amines) is 1. The first-order chi connectivity index (χ1) is 14.8. The lowest BCUT2D eigenvalue weighted by molar-refractivity contribution is -0.149. The first kappa shape index (κ1) is 19.8. The van der Waals surface area contributed by atoms with E-state index in [0.29, 0.717) is 0 Å². The third-order valence-corrected chi connectivity index (χ3v) is 10.5. The number of fused-ring (bicyclic) bond motifs is 9. The quantitative estimate of drug-likeness (QED) is 0.602. The second-order valence-corrected chi connectivity index (χ2v) is 11.8. The molecule has 1 saturated heterocycles. The van der Waals surface area contributed by atoms with Crippen LogP contribution in [0.25, 0.3) is 0 Å². The highest BCUT2D eigenvalue weighted by molar-refractivity contribution is 9.10. The van der Waals surface area contributed by atoms with Crippen molar-refractivity contribution in [3.63, 3.8) is 0 Å². The monoisotopic (exact) mass is 520 g/mol. The molecule has 3 fully saturated rings. The Labute approximate surface area is 193 Å². The van der Waals surface area contributed by atoms with Crippen LogP contribution < -0.4 is 4.87 Å². The molecule has 3 heterocycles. The van der Waals surface area contributed by atoms with Crippen LogP contribution >= 0.6 is 39.0 Å². The van der Waals surface area contributed by atoms with E-state index in [0.717, 1.165) is 31.3 Å². The van der Waals surface area contributed by atoms with Crippen LogP contribution in [0.5, 0.6) is 0 Å². The van der Waals surface area contributed by atoms with Gasteiger partial charge in [-0.2, -0.15) is 0 Å². The lowest BCUT2D eigenvalue weighted by Gasteiger charge is -2.43. The summed E-state index contributed by atoms with van der Waals surface area (Å²) in [4.78, 5) is 54.4. The molecule has 10 heteroatoms. The molecule has 2 saturated carbocycles. The predicted octanol–water partition coefficient (Wildman–Crippen LogP) is 2.76. The number of carboxylic acid groups (broad SMARTS) is 1. The topological polar surface area (TPSA) is 108 Å². The zero-order valence-electron chi connectivity index (χ0n) is 16.0. The number of halogens is 1. The number of carbonyl (C=O) groups excluding carboxylic acids is 2. The molecule has 0 spiro atoms. The van der Waals surface area contributed by atoms with E-state index < -0.39 is 24.3 Å². The van der Waals surface area contributed by atoms with Crippen molar-refractivity contribution >= 4 is 56.8 Å². The molecular weight excluding hydrogens is 504 g/mol. The summed E-state index contributed by atoms with van der Waals surface area (Å²) >= 11 is 6.33. The van der Waals surface area contributed by atoms with Gasteiger partial charge in [0.2, 0.25) is 11.8 Å². The maximum Gasteiger partial charge on any atom is 0.323 e. The third kappa shape index (κ3) is 2.70. The highest BCUT2D eigenvalue weighted by Gasteiger charge is 2.69. The number of carboxylic acids is 1. The standard InChI is InChI=1S/C21H17BrN2O5S2/c22-8-3-1-7(2-4-8)12-13-9-5-10(16(13)30-18-17(12)31-21(29)23-18)15-14(9)19(27)24(20(15)28)6-11(25)26/h1-4,9-10,12-16H,5-6H2,(H,23,29)(H,25,26)/t9-,10-,12-,13-,14+,15-,16-/m1/s1. The van der Waals surface area contributed by atoms with E-state index in [-0.39, 0.29) is 45.6 Å². The molecule has 6 rings (SSSR count). The molecule has 0 unspecified atom stereocenters. The fourth-order valence-electron chi connectivity index (χ4n) is 6.41. The number of H-pyrrole nitrogens is 1. The van der Waals surface area contributed by atoms with Crippen LogP contribution in [0.4, 0.5) is 0 Å². The summed E-state index contributed by atoms with van der Waals surface area (Å²) in [6.07, 6.45) is 0.794. The fraction of sp³-hybridized carbons (Fsp3) is 0.429. The number of hydrogen-bond donors (Lipinski definition) is 2. The number of rotatable bonds is 3. The molecule has 1 aromatic carbocycles. The fourth-order valence-corrected chi connectivity index (χ4v) is 9.57. The minimum atomic E-state index is -1.17. The number of aromatic amines is 1. The van der Waals surface area contributed by atoms with E-state index in [1.807, 2.05) is 12.1 Å². The van der Waals surface area contributed by atoms with Crippen molar-refractivity contribution in [2.45, 2.75) is 22.6 Å². The van der Waals surface area contributed by atoms with Crippen LogP contribution in [-0.4, -0.2) is 44.6 Å². The Kier molecular flexibility index (Phi) is 4.33. The Hall–Kier alpha value is -1.91. The summed E-state index contributed by atoms with van der Waals surface area (Å²) in [5.41, 5.74) is 1.10. The van der Waals surface area contributed by atoms with Gasteiger partial charge >= 0.3 is 10.8 Å². The number of aromatic nitrogens is 1. The van der Waals surface area contributed by atoms with Gasteiger partial charge in [0.15, 0.2) is 0 Å². The maximum absolute atomic E-state index is 13.1. The second kappa shape index (κ2) is 6.79. The van der Waals surface area contributed by atoms with Crippen LogP contribution in [0.15, 0.2) is 38.6 Å². The van der Waals surface area contributed by atoms with E-state index in [4.69, 9.17) is 5.11 Å². The summed E-state index contributed by atoms with van der Waals surface area (Å²) in [6, 6.07) is 8.07. The van der Waals surface area contributed by atoms with E-state index >= 15 is 0 Å². The van der Waals surface area contributed by atoms with Crippen LogP contribution in [0, 0.1) is 29.6 Å². The smallest absolute Gasteiger partial charge is 0.323 e. The number of hydrogen-bond acceptors (Lipinski definition) is 6.